The van der Waals surface area contributed by atoms with Crippen LogP contribution in [0.25, 0.3) is 0 Å². The van der Waals surface area contributed by atoms with Crippen molar-refractivity contribution in [3.63, 3.8) is 0 Å². The minimum Gasteiger partial charge on any atom is -0.550 e. The molecule has 0 saturated heterocycles. The molecule has 0 aliphatic rings. The summed E-state index contributed by atoms with van der Waals surface area (Å²) in [5.41, 5.74) is 0. The summed E-state index contributed by atoms with van der Waals surface area (Å²) in [6.07, 6.45) is 11.9. The van der Waals surface area contributed by atoms with Gasteiger partial charge in [0.25, 0.3) is 10.1 Å². The number of hydrogen-bond acceptors (Lipinski definition) is 6. The van der Waals surface area contributed by atoms with Crippen LogP contribution in [-0.4, -0.2) is 29.7 Å². The number of carboxylic acid groups (broad SMARTS) is 2. The van der Waals surface area contributed by atoms with Gasteiger partial charge in [-0.25, -0.2) is 0 Å². The molecule has 1 atom stereocenters. The summed E-state index contributed by atoms with van der Waals surface area (Å²) < 4.78 is 29.2. The SMILES string of the molecule is C=CCCCCCCCCCCCCCC(CC(=O)[O-])(C(=O)[O-])S(=O)(=O)O.[Na+].[Na+]. The monoisotopic (exact) mass is 450 g/mol. The Morgan fingerprint density at radius 1 is 0.828 bits per heavy atom. The smallest absolute Gasteiger partial charge is 0.550 e. The van der Waals surface area contributed by atoms with Gasteiger partial charge >= 0.3 is 59.1 Å². The van der Waals surface area contributed by atoms with Crippen molar-refractivity contribution in [2.45, 2.75) is 94.6 Å². The molecular formula is C19H32Na2O7S. The molecule has 0 fully saturated rings. The van der Waals surface area contributed by atoms with Crippen LogP contribution < -0.4 is 69.3 Å². The van der Waals surface area contributed by atoms with E-state index in [4.69, 9.17) is 0 Å². The third-order valence-electron chi connectivity index (χ3n) is 4.78. The second-order valence-corrected chi connectivity index (χ2v) is 8.75. The molecule has 0 saturated carbocycles. The molecule has 0 bridgehead atoms. The average molecular weight is 451 g/mol. The van der Waals surface area contributed by atoms with Crippen LogP contribution >= 0.6 is 0 Å². The van der Waals surface area contributed by atoms with Gasteiger partial charge in [-0.1, -0.05) is 70.3 Å². The van der Waals surface area contributed by atoms with Crippen LogP contribution in [0.4, 0.5) is 0 Å². The topological polar surface area (TPSA) is 135 Å². The zero-order chi connectivity index (χ0) is 20.8. The van der Waals surface area contributed by atoms with Crippen LogP contribution in [0.1, 0.15) is 89.9 Å². The Hall–Kier alpha value is 0.590. The molecule has 0 aromatic rings. The molecule has 0 aromatic carbocycles. The second kappa shape index (κ2) is 19.3. The van der Waals surface area contributed by atoms with Crippen LogP contribution in [0.5, 0.6) is 0 Å². The summed E-state index contributed by atoms with van der Waals surface area (Å²) in [5.74, 6) is -3.97. The van der Waals surface area contributed by atoms with Crippen molar-refractivity contribution in [1.29, 1.82) is 0 Å². The zero-order valence-electron chi connectivity index (χ0n) is 18.0. The summed E-state index contributed by atoms with van der Waals surface area (Å²) in [4.78, 5) is 21.9. The first kappa shape index (κ1) is 34.2. The van der Waals surface area contributed by atoms with Gasteiger partial charge in [-0.05, 0) is 19.3 Å². The van der Waals surface area contributed by atoms with Gasteiger partial charge in [-0.2, -0.15) is 8.42 Å². The van der Waals surface area contributed by atoms with Gasteiger partial charge in [-0.15, -0.1) is 6.58 Å². The van der Waals surface area contributed by atoms with E-state index in [0.29, 0.717) is 6.42 Å². The van der Waals surface area contributed by atoms with Gasteiger partial charge in [0.05, 0.1) is 5.97 Å². The van der Waals surface area contributed by atoms with E-state index in [1.165, 1.54) is 32.1 Å². The second-order valence-electron chi connectivity index (χ2n) is 7.02. The molecule has 0 aliphatic heterocycles. The summed E-state index contributed by atoms with van der Waals surface area (Å²) in [7, 11) is -5.13. The van der Waals surface area contributed by atoms with Crippen LogP contribution in [0.2, 0.25) is 0 Å². The summed E-state index contributed by atoms with van der Waals surface area (Å²) in [6, 6.07) is 0. The van der Waals surface area contributed by atoms with Gasteiger partial charge in [0.2, 0.25) is 0 Å². The van der Waals surface area contributed by atoms with E-state index in [1.54, 1.807) is 0 Å². The number of hydrogen-bond donors (Lipinski definition) is 1. The Bertz CT molecular complexity index is 567. The average Bonchev–Trinajstić information content (AvgIpc) is 2.56. The minimum absolute atomic E-state index is 0. The first-order valence-corrected chi connectivity index (χ1v) is 11.1. The molecule has 0 amide bonds. The van der Waals surface area contributed by atoms with Gasteiger partial charge in [-0.3, -0.25) is 4.55 Å². The Kier molecular flexibility index (Phi) is 22.8. The van der Waals surface area contributed by atoms with Crippen LogP contribution in [0, 0.1) is 0 Å². The van der Waals surface area contributed by atoms with E-state index in [9.17, 15) is 32.8 Å². The number of unbranched alkanes of at least 4 members (excludes halogenated alkanes) is 11. The molecule has 10 heteroatoms. The Morgan fingerprint density at radius 2 is 1.21 bits per heavy atom. The Morgan fingerprint density at radius 3 is 1.52 bits per heavy atom. The number of carboxylic acids is 2. The summed E-state index contributed by atoms with van der Waals surface area (Å²) in [5, 5.41) is 21.9. The van der Waals surface area contributed by atoms with Crippen molar-refractivity contribution in [1.82, 2.24) is 0 Å². The van der Waals surface area contributed by atoms with E-state index in [1.807, 2.05) is 6.08 Å². The molecule has 7 nitrogen and oxygen atoms in total. The van der Waals surface area contributed by atoms with Crippen LogP contribution in [-0.2, 0) is 19.7 Å². The molecule has 158 valence electrons. The molecule has 1 N–H and O–H groups in total. The van der Waals surface area contributed by atoms with E-state index < -0.39 is 39.6 Å². The fourth-order valence-electron chi connectivity index (χ4n) is 3.11. The molecular weight excluding hydrogens is 418 g/mol. The summed E-state index contributed by atoms with van der Waals surface area (Å²) >= 11 is 0. The number of carbonyl (C=O) groups excluding carboxylic acids is 2. The molecule has 1 unspecified atom stereocenters. The third kappa shape index (κ3) is 15.1. The largest absolute Gasteiger partial charge is 1.00 e. The molecule has 0 aromatic heterocycles. The van der Waals surface area contributed by atoms with Crippen LogP contribution in [0.3, 0.4) is 0 Å². The first-order valence-electron chi connectivity index (χ1n) is 9.66. The molecule has 0 heterocycles. The van der Waals surface area contributed by atoms with Gasteiger partial charge in [0.1, 0.15) is 4.75 Å². The van der Waals surface area contributed by atoms with Crippen molar-refractivity contribution >= 4 is 22.1 Å². The van der Waals surface area contributed by atoms with Crippen molar-refractivity contribution in [3.05, 3.63) is 12.7 Å². The van der Waals surface area contributed by atoms with E-state index >= 15 is 0 Å². The maximum Gasteiger partial charge on any atom is 1.00 e. The van der Waals surface area contributed by atoms with Crippen LogP contribution in [0.15, 0.2) is 12.7 Å². The third-order valence-corrected chi connectivity index (χ3v) is 6.29. The molecule has 0 rings (SSSR count). The van der Waals surface area contributed by atoms with Gasteiger partial charge in [0, 0.05) is 12.4 Å². The quantitative estimate of drug-likeness (QED) is 0.0968. The normalized spacial score (nSPS) is 12.9. The summed E-state index contributed by atoms with van der Waals surface area (Å²) in [6.45, 7) is 3.69. The van der Waals surface area contributed by atoms with Crippen molar-refractivity contribution < 1.29 is 91.9 Å². The standard InChI is InChI=1S/C19H34O7S.2Na/c1-2-3-4-5-6-7-8-9-10-11-12-13-14-15-19(18(22)23,16-17(20)21)27(24,25)26;;/h2H,1,3-16H2,(H,20,21)(H,22,23)(H,24,25,26);;/q;2*+1/p-2. The number of aliphatic carboxylic acids is 2. The first-order chi connectivity index (χ1) is 12.7. The van der Waals surface area contributed by atoms with E-state index in [0.717, 1.165) is 32.1 Å². The van der Waals surface area contributed by atoms with E-state index in [2.05, 4.69) is 6.58 Å². The number of allylic oxidation sites excluding steroid dienone is 1. The fourth-order valence-corrected chi connectivity index (χ4v) is 4.02. The molecule has 0 radical (unpaired) electrons. The Balaban J connectivity index is -0.00000338. The van der Waals surface area contributed by atoms with Crippen molar-refractivity contribution in [3.8, 4) is 0 Å². The fraction of sp³-hybridized carbons (Fsp3) is 0.789. The van der Waals surface area contributed by atoms with Crippen molar-refractivity contribution in [2.24, 2.45) is 0 Å². The zero-order valence-corrected chi connectivity index (χ0v) is 22.8. The maximum atomic E-state index is 11.4. The molecule has 29 heavy (non-hydrogen) atoms. The molecule has 0 aliphatic carbocycles. The van der Waals surface area contributed by atoms with E-state index in [-0.39, 0.29) is 65.5 Å². The predicted octanol–water partition coefficient (Wildman–Crippen LogP) is -4.23. The maximum absolute atomic E-state index is 11.4. The minimum atomic E-state index is -5.13. The van der Waals surface area contributed by atoms with Gasteiger partial charge < -0.3 is 19.8 Å². The Labute approximate surface area is 219 Å². The van der Waals surface area contributed by atoms with Crippen molar-refractivity contribution in [2.75, 3.05) is 0 Å². The number of rotatable bonds is 18. The predicted molar refractivity (Wildman–Crippen MR) is 99.1 cm³/mol. The molecule has 0 spiro atoms. The van der Waals surface area contributed by atoms with Gasteiger partial charge in [0.15, 0.2) is 0 Å². The number of carbonyl (C=O) groups is 2.